The van der Waals surface area contributed by atoms with Gasteiger partial charge in [0.2, 0.25) is 0 Å². The highest BCUT2D eigenvalue weighted by molar-refractivity contribution is 7.80. The molecule has 10 heteroatoms. The molecule has 0 atom stereocenters. The number of hydrogen-bond donors (Lipinski definition) is 2. The highest BCUT2D eigenvalue weighted by atomic mass is 35.5. The minimum atomic E-state index is -0.381. The van der Waals surface area contributed by atoms with Crippen molar-refractivity contribution in [3.63, 3.8) is 0 Å². The third kappa shape index (κ3) is 4.93. The smallest absolute Gasteiger partial charge is 0.341 e. The van der Waals surface area contributed by atoms with Gasteiger partial charge in [0, 0.05) is 20.5 Å². The summed E-state index contributed by atoms with van der Waals surface area (Å²) in [7, 11) is 1.38. The van der Waals surface area contributed by atoms with Crippen LogP contribution in [0.15, 0.2) is 18.2 Å². The topological polar surface area (TPSA) is 68.2 Å². The Morgan fingerprint density at radius 2 is 1.84 bits per heavy atom. The summed E-state index contributed by atoms with van der Waals surface area (Å²) in [5, 5.41) is 13.2. The Bertz CT molecular complexity index is 1170. The summed E-state index contributed by atoms with van der Waals surface area (Å²) in [5.74, 6) is -0.381. The molecule has 0 bridgehead atoms. The lowest BCUT2D eigenvalue weighted by molar-refractivity contribution is 0.0601. The minimum absolute atomic E-state index is 0.362. The van der Waals surface area contributed by atoms with Crippen molar-refractivity contribution in [2.75, 3.05) is 17.7 Å². The van der Waals surface area contributed by atoms with Gasteiger partial charge in [0.1, 0.15) is 5.00 Å². The number of hydrogen-bond acceptors (Lipinski definition) is 5. The molecule has 3 rings (SSSR count). The molecule has 2 aromatic heterocycles. The first-order valence-electron chi connectivity index (χ1n) is 9.93. The number of rotatable bonds is 6. The molecular weight excluding hydrogens is 487 g/mol. The molecule has 0 saturated carbocycles. The number of carbonyl (C=O) groups excluding carboxylic acids is 1. The number of nitrogens with one attached hydrogen (secondary N) is 2. The number of esters is 1. The number of aryl methyl sites for hydroxylation is 2. The van der Waals surface area contributed by atoms with Gasteiger partial charge in [0.05, 0.1) is 36.3 Å². The quantitative estimate of drug-likeness (QED) is 0.296. The van der Waals surface area contributed by atoms with E-state index >= 15 is 0 Å². The number of aromatic nitrogens is 2. The molecule has 0 radical (unpaired) electrons. The predicted octanol–water partition coefficient (Wildman–Crippen LogP) is 6.38. The number of halogens is 2. The van der Waals surface area contributed by atoms with Gasteiger partial charge in [-0.15, -0.1) is 11.3 Å². The second kappa shape index (κ2) is 10.2. The van der Waals surface area contributed by atoms with Gasteiger partial charge in [-0.05, 0) is 57.1 Å². The molecule has 0 aliphatic heterocycles. The number of benzene rings is 1. The molecule has 2 N–H and O–H groups in total. The van der Waals surface area contributed by atoms with E-state index in [1.54, 1.807) is 12.1 Å². The maximum atomic E-state index is 12.4. The molecular formula is C22H24Cl2N4O2S2. The van der Waals surface area contributed by atoms with Crippen molar-refractivity contribution in [3.8, 4) is 0 Å². The van der Waals surface area contributed by atoms with E-state index in [4.69, 9.17) is 40.2 Å². The van der Waals surface area contributed by atoms with Gasteiger partial charge in [-0.1, -0.05) is 36.2 Å². The molecule has 2 heterocycles. The fraction of sp³-hybridized carbons (Fsp3) is 0.318. The van der Waals surface area contributed by atoms with E-state index in [-0.39, 0.29) is 5.97 Å². The maximum absolute atomic E-state index is 12.4. The lowest BCUT2D eigenvalue weighted by atomic mass is 10.1. The highest BCUT2D eigenvalue weighted by Crippen LogP contribution is 2.34. The van der Waals surface area contributed by atoms with E-state index in [2.05, 4.69) is 15.7 Å². The third-order valence-corrected chi connectivity index (χ3v) is 7.14. The zero-order valence-corrected chi connectivity index (χ0v) is 21.6. The Kier molecular flexibility index (Phi) is 7.82. The second-order valence-electron chi connectivity index (χ2n) is 7.17. The van der Waals surface area contributed by atoms with Crippen LogP contribution in [-0.2, 0) is 17.7 Å². The van der Waals surface area contributed by atoms with Crippen LogP contribution >= 0.6 is 46.8 Å². The number of thiophene rings is 1. The van der Waals surface area contributed by atoms with E-state index < -0.39 is 0 Å². The summed E-state index contributed by atoms with van der Waals surface area (Å²) in [4.78, 5) is 13.4. The van der Waals surface area contributed by atoms with Crippen molar-refractivity contribution in [2.24, 2.45) is 0 Å². The molecule has 0 saturated heterocycles. The van der Waals surface area contributed by atoms with Gasteiger partial charge in [-0.2, -0.15) is 5.10 Å². The molecule has 0 spiro atoms. The molecule has 0 aliphatic rings. The Labute approximate surface area is 206 Å². The fourth-order valence-electron chi connectivity index (χ4n) is 3.52. The van der Waals surface area contributed by atoms with Crippen LogP contribution in [0.3, 0.4) is 0 Å². The van der Waals surface area contributed by atoms with E-state index in [0.29, 0.717) is 32.3 Å². The van der Waals surface area contributed by atoms with Crippen LogP contribution in [0.4, 0.5) is 10.7 Å². The lowest BCUT2D eigenvalue weighted by Gasteiger charge is -2.12. The molecule has 170 valence electrons. The average molecular weight is 512 g/mol. The zero-order chi connectivity index (χ0) is 23.6. The van der Waals surface area contributed by atoms with E-state index in [9.17, 15) is 4.79 Å². The van der Waals surface area contributed by atoms with Crippen LogP contribution < -0.4 is 10.6 Å². The summed E-state index contributed by atoms with van der Waals surface area (Å²) in [5.41, 5.74) is 4.74. The van der Waals surface area contributed by atoms with Crippen molar-refractivity contribution in [1.82, 2.24) is 9.78 Å². The Balaban J connectivity index is 1.83. The van der Waals surface area contributed by atoms with Crippen LogP contribution in [0.5, 0.6) is 0 Å². The number of nitrogens with zero attached hydrogens (tertiary/aromatic N) is 2. The minimum Gasteiger partial charge on any atom is -0.465 e. The molecule has 0 amide bonds. The maximum Gasteiger partial charge on any atom is 0.341 e. The van der Waals surface area contributed by atoms with Crippen molar-refractivity contribution in [3.05, 3.63) is 61.2 Å². The predicted molar refractivity (Wildman–Crippen MR) is 137 cm³/mol. The summed E-state index contributed by atoms with van der Waals surface area (Å²) in [6.45, 7) is 8.26. The monoisotopic (exact) mass is 510 g/mol. The first kappa shape index (κ1) is 24.5. The molecule has 6 nitrogen and oxygen atoms in total. The van der Waals surface area contributed by atoms with Gasteiger partial charge < -0.3 is 15.4 Å². The lowest BCUT2D eigenvalue weighted by Crippen LogP contribution is -2.21. The number of thiocarbonyl (C=S) groups is 1. The third-order valence-electron chi connectivity index (χ3n) is 5.17. The Morgan fingerprint density at radius 3 is 2.44 bits per heavy atom. The molecule has 32 heavy (non-hydrogen) atoms. The van der Waals surface area contributed by atoms with Crippen LogP contribution in [0.25, 0.3) is 0 Å². The first-order valence-corrected chi connectivity index (χ1v) is 11.9. The Hall–Kier alpha value is -2.13. The zero-order valence-electron chi connectivity index (χ0n) is 18.4. The Morgan fingerprint density at radius 1 is 1.19 bits per heavy atom. The number of ether oxygens (including phenoxy) is 1. The summed E-state index contributed by atoms with van der Waals surface area (Å²) in [6.07, 6.45) is 0.726. The molecule has 1 aromatic carbocycles. The summed E-state index contributed by atoms with van der Waals surface area (Å²) >= 11 is 19.7. The van der Waals surface area contributed by atoms with Gasteiger partial charge in [-0.25, -0.2) is 4.79 Å². The van der Waals surface area contributed by atoms with Crippen molar-refractivity contribution in [1.29, 1.82) is 0 Å². The summed E-state index contributed by atoms with van der Waals surface area (Å²) < 4.78 is 6.81. The standard InChI is InChI=1S/C22H24Cl2N4O2S2/c1-6-14-13(4)32-20(18(14)21(29)30-5)26-22(31)25-19-11(2)27-28(12(19)3)10-15-16(23)8-7-9-17(15)24/h7-9H,6,10H2,1-5H3,(H2,25,26,31). The van der Waals surface area contributed by atoms with Crippen LogP contribution in [0.2, 0.25) is 10.0 Å². The van der Waals surface area contributed by atoms with Gasteiger partial charge >= 0.3 is 5.97 Å². The van der Waals surface area contributed by atoms with E-state index in [1.807, 2.05) is 38.4 Å². The summed E-state index contributed by atoms with van der Waals surface area (Å²) in [6, 6.07) is 5.42. The van der Waals surface area contributed by atoms with Gasteiger partial charge in [-0.3, -0.25) is 4.68 Å². The van der Waals surface area contributed by atoms with Gasteiger partial charge in [0.15, 0.2) is 5.11 Å². The molecule has 0 aliphatic carbocycles. The average Bonchev–Trinajstić information content (AvgIpc) is 3.20. The van der Waals surface area contributed by atoms with Crippen LogP contribution in [-0.4, -0.2) is 28.0 Å². The second-order valence-corrected chi connectivity index (χ2v) is 9.62. The van der Waals surface area contributed by atoms with Gasteiger partial charge in [0.25, 0.3) is 0 Å². The molecule has 0 unspecified atom stereocenters. The highest BCUT2D eigenvalue weighted by Gasteiger charge is 2.23. The van der Waals surface area contributed by atoms with Crippen molar-refractivity contribution < 1.29 is 9.53 Å². The normalized spacial score (nSPS) is 10.8. The van der Waals surface area contributed by atoms with Crippen LogP contribution in [0.1, 0.15) is 44.7 Å². The van der Waals surface area contributed by atoms with Crippen molar-refractivity contribution in [2.45, 2.75) is 40.7 Å². The van der Waals surface area contributed by atoms with E-state index in [1.165, 1.54) is 18.4 Å². The van der Waals surface area contributed by atoms with Crippen molar-refractivity contribution >= 4 is 68.5 Å². The fourth-order valence-corrected chi connectivity index (χ4v) is 5.45. The molecule has 0 fully saturated rings. The number of methoxy groups -OCH3 is 1. The number of carbonyl (C=O) groups is 1. The first-order chi connectivity index (χ1) is 15.2. The SMILES string of the molecule is CCc1c(C)sc(NC(=S)Nc2c(C)nn(Cc3c(Cl)cccc3Cl)c2C)c1C(=O)OC. The number of anilines is 2. The largest absolute Gasteiger partial charge is 0.465 e. The van der Waals surface area contributed by atoms with E-state index in [0.717, 1.165) is 39.5 Å². The van der Waals surface area contributed by atoms with Crippen LogP contribution in [0, 0.1) is 20.8 Å². The molecule has 3 aromatic rings.